The summed E-state index contributed by atoms with van der Waals surface area (Å²) in [5.74, 6) is 0.790. The first-order valence-corrected chi connectivity index (χ1v) is 7.61. The van der Waals surface area contributed by atoms with Gasteiger partial charge in [0, 0.05) is 12.7 Å². The van der Waals surface area contributed by atoms with Crippen LogP contribution in [-0.2, 0) is 13.0 Å². The third-order valence-electron chi connectivity index (χ3n) is 3.29. The Morgan fingerprint density at radius 1 is 1.11 bits per heavy atom. The minimum absolute atomic E-state index is 0.790. The van der Waals surface area contributed by atoms with Crippen molar-refractivity contribution < 1.29 is 0 Å². The summed E-state index contributed by atoms with van der Waals surface area (Å²) in [5.41, 5.74) is 1.16. The van der Waals surface area contributed by atoms with Gasteiger partial charge < -0.3 is 0 Å². The van der Waals surface area contributed by atoms with Gasteiger partial charge in [-0.25, -0.2) is 0 Å². The number of nitrogens with zero attached hydrogens (tertiary/aromatic N) is 3. The lowest BCUT2D eigenvalue weighted by molar-refractivity contribution is 0.521. The van der Waals surface area contributed by atoms with Crippen LogP contribution >= 0.6 is 0 Å². The van der Waals surface area contributed by atoms with Crippen molar-refractivity contribution in [1.82, 2.24) is 15.0 Å². The lowest BCUT2D eigenvalue weighted by Gasteiger charge is -2.01. The highest BCUT2D eigenvalue weighted by Gasteiger charge is 2.01. The summed E-state index contributed by atoms with van der Waals surface area (Å²) >= 11 is 0. The van der Waals surface area contributed by atoms with Crippen molar-refractivity contribution in [2.75, 3.05) is 0 Å². The molecule has 18 heavy (non-hydrogen) atoms. The van der Waals surface area contributed by atoms with Crippen molar-refractivity contribution in [2.24, 2.45) is 5.92 Å². The van der Waals surface area contributed by atoms with E-state index in [4.69, 9.17) is 0 Å². The topological polar surface area (TPSA) is 30.7 Å². The summed E-state index contributed by atoms with van der Waals surface area (Å²) in [6, 6.07) is 0. The van der Waals surface area contributed by atoms with Gasteiger partial charge in [-0.2, -0.15) is 0 Å². The number of hydrogen-bond acceptors (Lipinski definition) is 2. The average molecular weight is 251 g/mol. The Bertz CT molecular complexity index is 304. The van der Waals surface area contributed by atoms with Crippen molar-refractivity contribution >= 4 is 0 Å². The smallest absolute Gasteiger partial charge is 0.0827 e. The largest absolute Gasteiger partial charge is 0.252 e. The highest BCUT2D eigenvalue weighted by molar-refractivity contribution is 4.92. The predicted molar refractivity (Wildman–Crippen MR) is 76.6 cm³/mol. The summed E-state index contributed by atoms with van der Waals surface area (Å²) in [6.45, 7) is 7.82. The Kier molecular flexibility index (Phi) is 7.70. The monoisotopic (exact) mass is 251 g/mol. The van der Waals surface area contributed by atoms with E-state index in [2.05, 4.69) is 37.3 Å². The molecule has 0 N–H and O–H groups in total. The van der Waals surface area contributed by atoms with Crippen LogP contribution in [0.3, 0.4) is 0 Å². The van der Waals surface area contributed by atoms with E-state index >= 15 is 0 Å². The summed E-state index contributed by atoms with van der Waals surface area (Å²) in [7, 11) is 0. The highest BCUT2D eigenvalue weighted by Crippen LogP contribution is 2.08. The Labute approximate surface area is 112 Å². The third-order valence-corrected chi connectivity index (χ3v) is 3.29. The first kappa shape index (κ1) is 15.2. The third kappa shape index (κ3) is 6.77. The molecule has 0 atom stereocenters. The summed E-state index contributed by atoms with van der Waals surface area (Å²) in [5, 5.41) is 8.44. The van der Waals surface area contributed by atoms with Gasteiger partial charge in [-0.1, -0.05) is 58.1 Å². The van der Waals surface area contributed by atoms with Gasteiger partial charge in [-0.05, 0) is 25.2 Å². The van der Waals surface area contributed by atoms with Gasteiger partial charge in [0.2, 0.25) is 0 Å². The standard InChI is InChI=1S/C15H29N3/c1-4-5-6-7-8-12-18-13-15(16-17-18)11-9-10-14(2)3/h13-14H,4-12H2,1-3H3. The fraction of sp³-hybridized carbons (Fsp3) is 0.867. The second-order valence-corrected chi connectivity index (χ2v) is 5.67. The SMILES string of the molecule is CCCCCCCn1cc(CCCC(C)C)nn1. The molecule has 3 nitrogen and oxygen atoms in total. The summed E-state index contributed by atoms with van der Waals surface area (Å²) in [6.07, 6.45) is 12.3. The molecule has 0 spiro atoms. The fourth-order valence-electron chi connectivity index (χ4n) is 2.13. The first-order valence-electron chi connectivity index (χ1n) is 7.61. The molecule has 1 rings (SSSR count). The predicted octanol–water partition coefficient (Wildman–Crippen LogP) is 4.23. The highest BCUT2D eigenvalue weighted by atomic mass is 15.4. The molecule has 0 aliphatic carbocycles. The van der Waals surface area contributed by atoms with Gasteiger partial charge in [0.05, 0.1) is 5.69 Å². The molecule has 0 aliphatic rings. The molecule has 1 heterocycles. The maximum atomic E-state index is 4.24. The van der Waals surface area contributed by atoms with Crippen molar-refractivity contribution in [2.45, 2.75) is 78.7 Å². The van der Waals surface area contributed by atoms with Crippen LogP contribution in [-0.4, -0.2) is 15.0 Å². The maximum absolute atomic E-state index is 4.24. The van der Waals surface area contributed by atoms with E-state index in [0.717, 1.165) is 24.6 Å². The van der Waals surface area contributed by atoms with E-state index in [1.807, 2.05) is 4.68 Å². The van der Waals surface area contributed by atoms with Crippen LogP contribution in [0.5, 0.6) is 0 Å². The molecule has 0 fully saturated rings. The van der Waals surface area contributed by atoms with Crippen LogP contribution < -0.4 is 0 Å². The molecular weight excluding hydrogens is 222 g/mol. The number of rotatable bonds is 10. The molecule has 0 radical (unpaired) electrons. The lowest BCUT2D eigenvalue weighted by Crippen LogP contribution is -1.98. The molecule has 1 aromatic rings. The van der Waals surface area contributed by atoms with Crippen molar-refractivity contribution in [3.05, 3.63) is 11.9 Å². The number of unbranched alkanes of at least 4 members (excludes halogenated alkanes) is 4. The molecule has 0 amide bonds. The Balaban J connectivity index is 2.13. The average Bonchev–Trinajstić information content (AvgIpc) is 2.76. The molecule has 104 valence electrons. The van der Waals surface area contributed by atoms with Crippen LogP contribution in [0.25, 0.3) is 0 Å². The molecular formula is C15H29N3. The Hall–Kier alpha value is -0.860. The molecule has 3 heteroatoms. The first-order chi connectivity index (χ1) is 8.72. The zero-order valence-electron chi connectivity index (χ0n) is 12.4. The normalized spacial score (nSPS) is 11.3. The van der Waals surface area contributed by atoms with Crippen LogP contribution in [0.2, 0.25) is 0 Å². The number of aromatic nitrogens is 3. The quantitative estimate of drug-likeness (QED) is 0.583. The second kappa shape index (κ2) is 9.12. The van der Waals surface area contributed by atoms with E-state index in [1.165, 1.54) is 44.9 Å². The molecule has 0 aromatic carbocycles. The van der Waals surface area contributed by atoms with Crippen LogP contribution in [0, 0.1) is 5.92 Å². The molecule has 0 saturated carbocycles. The Morgan fingerprint density at radius 2 is 1.89 bits per heavy atom. The van der Waals surface area contributed by atoms with Crippen molar-refractivity contribution in [3.8, 4) is 0 Å². The summed E-state index contributed by atoms with van der Waals surface area (Å²) < 4.78 is 2.01. The number of hydrogen-bond donors (Lipinski definition) is 0. The van der Waals surface area contributed by atoms with Crippen LogP contribution in [0.15, 0.2) is 6.20 Å². The fourth-order valence-corrected chi connectivity index (χ4v) is 2.13. The zero-order chi connectivity index (χ0) is 13.2. The van der Waals surface area contributed by atoms with Gasteiger partial charge in [0.25, 0.3) is 0 Å². The summed E-state index contributed by atoms with van der Waals surface area (Å²) in [4.78, 5) is 0. The number of aryl methyl sites for hydroxylation is 2. The van der Waals surface area contributed by atoms with Crippen molar-refractivity contribution in [1.29, 1.82) is 0 Å². The minimum Gasteiger partial charge on any atom is -0.252 e. The lowest BCUT2D eigenvalue weighted by atomic mass is 10.1. The second-order valence-electron chi connectivity index (χ2n) is 5.67. The van der Waals surface area contributed by atoms with Gasteiger partial charge >= 0.3 is 0 Å². The van der Waals surface area contributed by atoms with E-state index in [-0.39, 0.29) is 0 Å². The molecule has 0 unspecified atom stereocenters. The van der Waals surface area contributed by atoms with Gasteiger partial charge in [-0.3, -0.25) is 4.68 Å². The van der Waals surface area contributed by atoms with Crippen LogP contribution in [0.4, 0.5) is 0 Å². The van der Waals surface area contributed by atoms with Gasteiger partial charge in [0.15, 0.2) is 0 Å². The Morgan fingerprint density at radius 3 is 2.61 bits per heavy atom. The minimum atomic E-state index is 0.790. The molecule has 0 saturated heterocycles. The van der Waals surface area contributed by atoms with Crippen molar-refractivity contribution in [3.63, 3.8) is 0 Å². The van der Waals surface area contributed by atoms with Gasteiger partial charge in [0.1, 0.15) is 0 Å². The van der Waals surface area contributed by atoms with E-state index in [1.54, 1.807) is 0 Å². The van der Waals surface area contributed by atoms with Gasteiger partial charge in [-0.15, -0.1) is 5.10 Å². The van der Waals surface area contributed by atoms with E-state index in [9.17, 15) is 0 Å². The molecule has 1 aromatic heterocycles. The van der Waals surface area contributed by atoms with E-state index in [0.29, 0.717) is 0 Å². The van der Waals surface area contributed by atoms with E-state index < -0.39 is 0 Å². The van der Waals surface area contributed by atoms with Crippen LogP contribution in [0.1, 0.15) is 71.4 Å². The zero-order valence-corrected chi connectivity index (χ0v) is 12.4. The molecule has 0 aliphatic heterocycles. The maximum Gasteiger partial charge on any atom is 0.0827 e. The molecule has 0 bridgehead atoms.